The molecule has 1 saturated heterocycles. The summed E-state index contributed by atoms with van der Waals surface area (Å²) in [5.41, 5.74) is 2.82. The average molecular weight is 430 g/mol. The second-order valence-electron chi connectivity index (χ2n) is 7.97. The molecule has 1 amide bonds. The van der Waals surface area contributed by atoms with Crippen LogP contribution in [0.1, 0.15) is 35.4 Å². The van der Waals surface area contributed by atoms with Gasteiger partial charge >= 0.3 is 0 Å². The highest BCUT2D eigenvalue weighted by molar-refractivity contribution is 5.91. The van der Waals surface area contributed by atoms with Gasteiger partial charge in [-0.05, 0) is 66.8 Å². The van der Waals surface area contributed by atoms with Crippen LogP contribution in [0.3, 0.4) is 0 Å². The predicted molar refractivity (Wildman–Crippen MR) is 122 cm³/mol. The molecule has 0 N–H and O–H groups in total. The fourth-order valence-electron chi connectivity index (χ4n) is 4.16. The molecule has 1 atom stereocenters. The van der Waals surface area contributed by atoms with Crippen molar-refractivity contribution in [2.45, 2.75) is 25.4 Å². The fourth-order valence-corrected chi connectivity index (χ4v) is 4.16. The highest BCUT2D eigenvalue weighted by Crippen LogP contribution is 2.24. The molecule has 1 aliphatic heterocycles. The van der Waals surface area contributed by atoms with Gasteiger partial charge < -0.3 is 14.1 Å². The van der Waals surface area contributed by atoms with Crippen molar-refractivity contribution in [2.24, 2.45) is 0 Å². The second kappa shape index (κ2) is 10.2. The van der Waals surface area contributed by atoms with Crippen LogP contribution in [0.15, 0.2) is 71.3 Å². The minimum atomic E-state index is -0.0782. The Morgan fingerprint density at radius 2 is 1.88 bits per heavy atom. The number of nitrogens with zero attached hydrogens (tertiary/aromatic N) is 3. The van der Waals surface area contributed by atoms with E-state index in [4.69, 9.17) is 14.4 Å². The molecule has 1 aliphatic rings. The molecule has 164 valence electrons. The quantitative estimate of drug-likeness (QED) is 0.482. The van der Waals surface area contributed by atoms with Gasteiger partial charge in [-0.25, -0.2) is 0 Å². The summed E-state index contributed by atoms with van der Waals surface area (Å²) in [5, 5.41) is 8.92. The first-order valence-corrected chi connectivity index (χ1v) is 10.9. The average Bonchev–Trinajstić information content (AvgIpc) is 3.54. The fraction of sp³-hybridized carbons (Fsp3) is 0.308. The molecular formula is C26H27N3O3. The van der Waals surface area contributed by atoms with Crippen molar-refractivity contribution in [1.29, 1.82) is 5.26 Å². The van der Waals surface area contributed by atoms with Gasteiger partial charge in [-0.3, -0.25) is 9.69 Å². The van der Waals surface area contributed by atoms with Crippen LogP contribution in [0.5, 0.6) is 5.75 Å². The third-order valence-electron chi connectivity index (χ3n) is 5.89. The number of hydrogen-bond donors (Lipinski definition) is 0. The van der Waals surface area contributed by atoms with Crippen LogP contribution < -0.4 is 4.74 Å². The standard InChI is InChI=1S/C26H27N3O3/c1-28(26(30)24-5-3-17-32-24)25-6-2-15-29(25)16-4-18-31-23-13-11-22(12-14-23)21-9-7-20(19-27)8-10-21/h3,5,7-14,17,25H,2,4,6,15-16,18H2,1H3. The second-order valence-corrected chi connectivity index (χ2v) is 7.97. The first-order chi connectivity index (χ1) is 15.7. The number of likely N-dealkylation sites (tertiary alicyclic amines) is 1. The summed E-state index contributed by atoms with van der Waals surface area (Å²) in [4.78, 5) is 16.7. The highest BCUT2D eigenvalue weighted by atomic mass is 16.5. The van der Waals surface area contributed by atoms with Crippen molar-refractivity contribution in [3.63, 3.8) is 0 Å². The Balaban J connectivity index is 1.24. The van der Waals surface area contributed by atoms with Crippen molar-refractivity contribution >= 4 is 5.91 Å². The van der Waals surface area contributed by atoms with E-state index in [2.05, 4.69) is 11.0 Å². The molecule has 2 aromatic carbocycles. The molecule has 0 spiro atoms. The third-order valence-corrected chi connectivity index (χ3v) is 5.89. The van der Waals surface area contributed by atoms with Gasteiger partial charge in [0.2, 0.25) is 0 Å². The molecule has 0 saturated carbocycles. The van der Waals surface area contributed by atoms with Crippen LogP contribution in [-0.2, 0) is 0 Å². The molecule has 32 heavy (non-hydrogen) atoms. The summed E-state index contributed by atoms with van der Waals surface area (Å²) in [7, 11) is 1.85. The lowest BCUT2D eigenvalue weighted by Crippen LogP contribution is -2.46. The molecule has 0 bridgehead atoms. The molecule has 1 unspecified atom stereocenters. The SMILES string of the molecule is CN(C(=O)c1ccco1)C1CCCN1CCCOc1ccc(-c2ccc(C#N)cc2)cc1. The predicted octanol–water partition coefficient (Wildman–Crippen LogP) is 4.78. The van der Waals surface area contributed by atoms with Crippen LogP contribution in [0.2, 0.25) is 0 Å². The van der Waals surface area contributed by atoms with E-state index in [0.29, 0.717) is 17.9 Å². The topological polar surface area (TPSA) is 69.7 Å². The molecule has 2 heterocycles. The molecule has 0 radical (unpaired) electrons. The number of hydrogen-bond acceptors (Lipinski definition) is 5. The molecule has 1 fully saturated rings. The first-order valence-electron chi connectivity index (χ1n) is 10.9. The number of benzene rings is 2. The summed E-state index contributed by atoms with van der Waals surface area (Å²) < 4.78 is 11.2. The monoisotopic (exact) mass is 429 g/mol. The van der Waals surface area contributed by atoms with Crippen LogP contribution in [0, 0.1) is 11.3 Å². The van der Waals surface area contributed by atoms with Crippen molar-refractivity contribution in [2.75, 3.05) is 26.7 Å². The zero-order valence-corrected chi connectivity index (χ0v) is 18.2. The summed E-state index contributed by atoms with van der Waals surface area (Å²) in [6.07, 6.45) is 4.57. The normalized spacial score (nSPS) is 15.9. The van der Waals surface area contributed by atoms with Crippen LogP contribution in [0.4, 0.5) is 0 Å². The highest BCUT2D eigenvalue weighted by Gasteiger charge is 2.31. The lowest BCUT2D eigenvalue weighted by molar-refractivity contribution is 0.0496. The van der Waals surface area contributed by atoms with Gasteiger partial charge in [-0.1, -0.05) is 24.3 Å². The number of furan rings is 1. The minimum Gasteiger partial charge on any atom is -0.494 e. The summed E-state index contributed by atoms with van der Waals surface area (Å²) >= 11 is 0. The van der Waals surface area contributed by atoms with E-state index in [0.717, 1.165) is 49.2 Å². The molecule has 3 aromatic rings. The first kappa shape index (κ1) is 21.7. The van der Waals surface area contributed by atoms with E-state index in [1.807, 2.05) is 55.6 Å². The lowest BCUT2D eigenvalue weighted by Gasteiger charge is -2.32. The van der Waals surface area contributed by atoms with Gasteiger partial charge in [0.25, 0.3) is 5.91 Å². The van der Waals surface area contributed by atoms with Gasteiger partial charge in [-0.15, -0.1) is 0 Å². The Hall–Kier alpha value is -3.56. The number of nitriles is 1. The number of carbonyl (C=O) groups is 1. The van der Waals surface area contributed by atoms with Gasteiger partial charge in [-0.2, -0.15) is 5.26 Å². The number of ether oxygens (including phenoxy) is 1. The maximum absolute atomic E-state index is 12.6. The van der Waals surface area contributed by atoms with E-state index < -0.39 is 0 Å². The zero-order chi connectivity index (χ0) is 22.3. The number of amides is 1. The maximum atomic E-state index is 12.6. The summed E-state index contributed by atoms with van der Waals surface area (Å²) in [6.45, 7) is 2.48. The number of rotatable bonds is 8. The Kier molecular flexibility index (Phi) is 6.88. The van der Waals surface area contributed by atoms with Gasteiger partial charge in [0.15, 0.2) is 5.76 Å². The van der Waals surface area contributed by atoms with E-state index in [-0.39, 0.29) is 12.1 Å². The number of carbonyl (C=O) groups excluding carboxylic acids is 1. The van der Waals surface area contributed by atoms with Crippen molar-refractivity contribution in [3.05, 3.63) is 78.3 Å². The van der Waals surface area contributed by atoms with E-state index in [1.165, 1.54) is 6.26 Å². The molecule has 6 nitrogen and oxygen atoms in total. The van der Waals surface area contributed by atoms with Gasteiger partial charge in [0.05, 0.1) is 30.7 Å². The molecule has 4 rings (SSSR count). The van der Waals surface area contributed by atoms with Crippen molar-refractivity contribution < 1.29 is 13.9 Å². The van der Waals surface area contributed by atoms with Crippen molar-refractivity contribution in [1.82, 2.24) is 9.80 Å². The smallest absolute Gasteiger partial charge is 0.290 e. The molecule has 0 aliphatic carbocycles. The van der Waals surface area contributed by atoms with E-state index in [9.17, 15) is 4.79 Å². The Labute approximate surface area is 188 Å². The van der Waals surface area contributed by atoms with Crippen LogP contribution in [-0.4, -0.2) is 48.6 Å². The lowest BCUT2D eigenvalue weighted by atomic mass is 10.0. The Morgan fingerprint density at radius 1 is 1.16 bits per heavy atom. The van der Waals surface area contributed by atoms with E-state index in [1.54, 1.807) is 17.0 Å². The van der Waals surface area contributed by atoms with Crippen LogP contribution in [0.25, 0.3) is 11.1 Å². The van der Waals surface area contributed by atoms with Gasteiger partial charge in [0.1, 0.15) is 5.75 Å². The molecule has 6 heteroatoms. The third kappa shape index (κ3) is 5.01. The van der Waals surface area contributed by atoms with Crippen molar-refractivity contribution in [3.8, 4) is 22.9 Å². The molecule has 1 aromatic heterocycles. The Bertz CT molecular complexity index is 1050. The molecular weight excluding hydrogens is 402 g/mol. The Morgan fingerprint density at radius 3 is 2.53 bits per heavy atom. The maximum Gasteiger partial charge on any atom is 0.290 e. The zero-order valence-electron chi connectivity index (χ0n) is 18.2. The summed E-state index contributed by atoms with van der Waals surface area (Å²) in [5.74, 6) is 1.14. The summed E-state index contributed by atoms with van der Waals surface area (Å²) in [6, 6.07) is 21.1. The van der Waals surface area contributed by atoms with Crippen LogP contribution >= 0.6 is 0 Å². The minimum absolute atomic E-state index is 0.0782. The largest absolute Gasteiger partial charge is 0.494 e. The van der Waals surface area contributed by atoms with E-state index >= 15 is 0 Å². The van der Waals surface area contributed by atoms with Gasteiger partial charge in [0, 0.05) is 20.1 Å².